The Hall–Kier alpha value is -3.20. The van der Waals surface area contributed by atoms with E-state index in [4.69, 9.17) is 26.3 Å². The van der Waals surface area contributed by atoms with Crippen molar-refractivity contribution in [3.8, 4) is 22.0 Å². The highest BCUT2D eigenvalue weighted by Gasteiger charge is 2.30. The zero-order valence-corrected chi connectivity index (χ0v) is 23.5. The van der Waals surface area contributed by atoms with E-state index in [1.165, 1.54) is 11.3 Å². The number of hydrogen-bond acceptors (Lipinski definition) is 7. The molecule has 0 aliphatic rings. The highest BCUT2D eigenvalue weighted by atomic mass is 35.5. The van der Waals surface area contributed by atoms with Gasteiger partial charge in [-0.2, -0.15) is 5.10 Å². The molecule has 0 aliphatic carbocycles. The standard InChI is InChI=1S/C28H28ClN5O2S/c1-14-12-19-25(37-27(31-19)26-30-13-20-23(32-26)15(2)33-34(20)7)22(17-8-10-18(29)11-9-17)21(14)24(16(3)35)36-28(4,5)6/h8-13,24H,1-7H3/t24-/m1/s1. The fourth-order valence-corrected chi connectivity index (χ4v) is 5.75. The van der Waals surface area contributed by atoms with Gasteiger partial charge in [-0.3, -0.25) is 9.48 Å². The van der Waals surface area contributed by atoms with Crippen LogP contribution in [0.5, 0.6) is 0 Å². The quantitative estimate of drug-likeness (QED) is 0.241. The summed E-state index contributed by atoms with van der Waals surface area (Å²) < 4.78 is 9.04. The number of thiazole rings is 1. The van der Waals surface area contributed by atoms with Gasteiger partial charge in [-0.15, -0.1) is 11.3 Å². The molecule has 0 saturated heterocycles. The van der Waals surface area contributed by atoms with E-state index >= 15 is 0 Å². The number of halogens is 1. The Morgan fingerprint density at radius 2 is 1.84 bits per heavy atom. The lowest BCUT2D eigenvalue weighted by atomic mass is 9.90. The van der Waals surface area contributed by atoms with E-state index in [-0.39, 0.29) is 5.78 Å². The summed E-state index contributed by atoms with van der Waals surface area (Å²) in [4.78, 5) is 27.3. The number of rotatable bonds is 5. The van der Waals surface area contributed by atoms with E-state index in [0.717, 1.165) is 49.2 Å². The second-order valence-corrected chi connectivity index (χ2v) is 11.6. The Morgan fingerprint density at radius 1 is 1.14 bits per heavy atom. The fourth-order valence-electron chi connectivity index (χ4n) is 4.55. The molecule has 190 valence electrons. The molecular weight excluding hydrogens is 506 g/mol. The van der Waals surface area contributed by atoms with E-state index in [9.17, 15) is 4.79 Å². The Balaban J connectivity index is 1.78. The van der Waals surface area contributed by atoms with Crippen LogP contribution in [0.15, 0.2) is 36.5 Å². The monoisotopic (exact) mass is 533 g/mol. The van der Waals surface area contributed by atoms with Crippen LogP contribution in [-0.2, 0) is 16.6 Å². The van der Waals surface area contributed by atoms with Crippen LogP contribution in [0.3, 0.4) is 0 Å². The maximum atomic E-state index is 12.9. The molecule has 0 bridgehead atoms. The summed E-state index contributed by atoms with van der Waals surface area (Å²) in [6.45, 7) is 11.4. The highest BCUT2D eigenvalue weighted by molar-refractivity contribution is 7.22. The van der Waals surface area contributed by atoms with Gasteiger partial charge < -0.3 is 4.74 Å². The van der Waals surface area contributed by atoms with E-state index in [0.29, 0.717) is 15.9 Å². The molecule has 0 N–H and O–H groups in total. The number of benzene rings is 2. The Bertz CT molecular complexity index is 1660. The molecule has 0 saturated carbocycles. The van der Waals surface area contributed by atoms with Crippen molar-refractivity contribution in [1.82, 2.24) is 24.7 Å². The van der Waals surface area contributed by atoms with Crippen LogP contribution in [0.25, 0.3) is 43.2 Å². The van der Waals surface area contributed by atoms with E-state index < -0.39 is 11.7 Å². The maximum absolute atomic E-state index is 12.9. The summed E-state index contributed by atoms with van der Waals surface area (Å²) in [6, 6.07) is 9.66. The lowest BCUT2D eigenvalue weighted by Gasteiger charge is -2.29. The summed E-state index contributed by atoms with van der Waals surface area (Å²) in [5.41, 5.74) is 6.43. The summed E-state index contributed by atoms with van der Waals surface area (Å²) in [5, 5.41) is 5.80. The van der Waals surface area contributed by atoms with Gasteiger partial charge in [0.2, 0.25) is 0 Å². The maximum Gasteiger partial charge on any atom is 0.189 e. The highest BCUT2D eigenvalue weighted by Crippen LogP contribution is 2.44. The van der Waals surface area contributed by atoms with Crippen LogP contribution >= 0.6 is 22.9 Å². The third kappa shape index (κ3) is 4.77. The van der Waals surface area contributed by atoms with Crippen LogP contribution in [-0.4, -0.2) is 36.1 Å². The number of hydrogen-bond donors (Lipinski definition) is 0. The van der Waals surface area contributed by atoms with Crippen molar-refractivity contribution in [2.45, 2.75) is 53.2 Å². The zero-order chi connectivity index (χ0) is 26.6. The summed E-state index contributed by atoms with van der Waals surface area (Å²) in [5.74, 6) is 0.485. The second-order valence-electron chi connectivity index (χ2n) is 10.2. The molecule has 9 heteroatoms. The molecule has 0 unspecified atom stereocenters. The number of carbonyl (C=O) groups is 1. The lowest BCUT2D eigenvalue weighted by molar-refractivity contribution is -0.138. The first-order valence-corrected chi connectivity index (χ1v) is 13.2. The van der Waals surface area contributed by atoms with Crippen molar-refractivity contribution < 1.29 is 9.53 Å². The van der Waals surface area contributed by atoms with Gasteiger partial charge in [0.15, 0.2) is 16.6 Å². The smallest absolute Gasteiger partial charge is 0.189 e. The third-order valence-corrected chi connectivity index (χ3v) is 7.45. The second kappa shape index (κ2) is 9.28. The molecule has 0 fully saturated rings. The first-order valence-electron chi connectivity index (χ1n) is 12.0. The summed E-state index contributed by atoms with van der Waals surface area (Å²) >= 11 is 7.73. The molecule has 5 aromatic rings. The van der Waals surface area contributed by atoms with Gasteiger partial charge in [0.1, 0.15) is 17.1 Å². The van der Waals surface area contributed by atoms with Crippen molar-refractivity contribution in [1.29, 1.82) is 0 Å². The van der Waals surface area contributed by atoms with Crippen molar-refractivity contribution in [2.75, 3.05) is 0 Å². The SMILES string of the molecule is CC(=O)[C@@H](OC(C)(C)C)c1c(C)cc2nc(-c3ncc4c(n3)c(C)nn4C)sc2c1-c1ccc(Cl)cc1. The Morgan fingerprint density at radius 3 is 2.49 bits per heavy atom. The molecule has 3 heterocycles. The largest absolute Gasteiger partial charge is 0.360 e. The number of aryl methyl sites for hydroxylation is 3. The molecule has 0 radical (unpaired) electrons. The van der Waals surface area contributed by atoms with Gasteiger partial charge in [-0.05, 0) is 70.9 Å². The molecule has 2 aromatic carbocycles. The van der Waals surface area contributed by atoms with Gasteiger partial charge in [0.25, 0.3) is 0 Å². The normalized spacial score (nSPS) is 13.0. The summed E-state index contributed by atoms with van der Waals surface area (Å²) in [7, 11) is 1.88. The number of aromatic nitrogens is 5. The van der Waals surface area contributed by atoms with Crippen LogP contribution in [0.2, 0.25) is 5.02 Å². The minimum absolute atomic E-state index is 0.0573. The molecule has 0 aliphatic heterocycles. The molecular formula is C28H28ClN5O2S. The van der Waals surface area contributed by atoms with E-state index in [2.05, 4.69) is 10.1 Å². The van der Waals surface area contributed by atoms with Crippen molar-refractivity contribution >= 4 is 50.0 Å². The predicted molar refractivity (Wildman–Crippen MR) is 149 cm³/mol. The number of fused-ring (bicyclic) bond motifs is 2. The first kappa shape index (κ1) is 25.4. The average Bonchev–Trinajstić information content (AvgIpc) is 3.37. The topological polar surface area (TPSA) is 82.8 Å². The number of ether oxygens (including phenoxy) is 1. The van der Waals surface area contributed by atoms with Gasteiger partial charge in [-0.1, -0.05) is 23.7 Å². The van der Waals surface area contributed by atoms with E-state index in [1.54, 1.807) is 17.8 Å². The molecule has 7 nitrogen and oxygen atoms in total. The number of carbonyl (C=O) groups excluding carboxylic acids is 1. The molecule has 0 amide bonds. The van der Waals surface area contributed by atoms with Crippen molar-refractivity contribution in [2.24, 2.45) is 7.05 Å². The number of Topliss-reactive ketones (excluding diaryl/α,β-unsaturated/α-hetero) is 1. The van der Waals surface area contributed by atoms with Crippen molar-refractivity contribution in [3.63, 3.8) is 0 Å². The number of nitrogens with zero attached hydrogens (tertiary/aromatic N) is 5. The molecule has 5 rings (SSSR count). The van der Waals surface area contributed by atoms with Gasteiger partial charge in [0.05, 0.1) is 27.7 Å². The van der Waals surface area contributed by atoms with Crippen molar-refractivity contribution in [3.05, 3.63) is 58.4 Å². The van der Waals surface area contributed by atoms with Gasteiger partial charge >= 0.3 is 0 Å². The Kier molecular flexibility index (Phi) is 6.38. The molecule has 37 heavy (non-hydrogen) atoms. The summed E-state index contributed by atoms with van der Waals surface area (Å²) in [6.07, 6.45) is 1.05. The average molecular weight is 534 g/mol. The molecule has 3 aromatic heterocycles. The van der Waals surface area contributed by atoms with Gasteiger partial charge in [-0.25, -0.2) is 15.0 Å². The molecule has 1 atom stereocenters. The first-order chi connectivity index (χ1) is 17.4. The predicted octanol–water partition coefficient (Wildman–Crippen LogP) is 7.02. The minimum atomic E-state index is -0.730. The van der Waals surface area contributed by atoms with Crippen LogP contribution in [0, 0.1) is 13.8 Å². The lowest BCUT2D eigenvalue weighted by Crippen LogP contribution is -2.27. The Labute approximate surface area is 224 Å². The molecule has 0 spiro atoms. The third-order valence-electron chi connectivity index (χ3n) is 6.12. The fraction of sp³-hybridized carbons (Fsp3) is 0.321. The minimum Gasteiger partial charge on any atom is -0.360 e. The zero-order valence-electron chi connectivity index (χ0n) is 21.9. The van der Waals surface area contributed by atoms with Crippen LogP contribution in [0.1, 0.15) is 50.6 Å². The van der Waals surface area contributed by atoms with Gasteiger partial charge in [0, 0.05) is 23.2 Å². The van der Waals surface area contributed by atoms with E-state index in [1.807, 2.05) is 72.0 Å². The van der Waals surface area contributed by atoms with Crippen LogP contribution < -0.4 is 0 Å². The van der Waals surface area contributed by atoms with Crippen LogP contribution in [0.4, 0.5) is 0 Å². The number of ketones is 1.